The smallest absolute Gasteiger partial charge is 0.0991 e. The molecular formula is C19H28N2. The van der Waals surface area contributed by atoms with E-state index < -0.39 is 0 Å². The second-order valence-electron chi connectivity index (χ2n) is 7.84. The molecule has 2 nitrogen and oxygen atoms in total. The van der Waals surface area contributed by atoms with Gasteiger partial charge in [-0.05, 0) is 52.3 Å². The standard InChI is InChI=1S/C19H28N2/c1-17(2,3)21-19(6,7)13-12-18(4,5)16-10-8-15(14-20)9-11-16/h8-13,21H,1-7H3/b13-12+. The number of nitrogens with one attached hydrogen (secondary N) is 1. The van der Waals surface area contributed by atoms with Crippen molar-refractivity contribution in [1.82, 2.24) is 5.32 Å². The number of hydrogen-bond acceptors (Lipinski definition) is 2. The van der Waals surface area contributed by atoms with Gasteiger partial charge in [-0.25, -0.2) is 0 Å². The molecule has 0 amide bonds. The van der Waals surface area contributed by atoms with Gasteiger partial charge >= 0.3 is 0 Å². The minimum atomic E-state index is -0.0673. The van der Waals surface area contributed by atoms with E-state index in [1.807, 2.05) is 24.3 Å². The largest absolute Gasteiger partial charge is 0.304 e. The molecule has 0 fully saturated rings. The quantitative estimate of drug-likeness (QED) is 0.823. The zero-order valence-electron chi connectivity index (χ0n) is 14.4. The van der Waals surface area contributed by atoms with Crippen LogP contribution in [0.4, 0.5) is 0 Å². The molecule has 0 unspecified atom stereocenters. The molecule has 21 heavy (non-hydrogen) atoms. The van der Waals surface area contributed by atoms with Crippen LogP contribution >= 0.6 is 0 Å². The number of rotatable bonds is 4. The Kier molecular flexibility index (Phi) is 5.02. The summed E-state index contributed by atoms with van der Waals surface area (Å²) in [5.41, 5.74) is 1.86. The highest BCUT2D eigenvalue weighted by molar-refractivity contribution is 5.37. The van der Waals surface area contributed by atoms with Crippen molar-refractivity contribution in [3.8, 4) is 6.07 Å². The van der Waals surface area contributed by atoms with Crippen molar-refractivity contribution in [3.05, 3.63) is 47.5 Å². The molecule has 0 aliphatic heterocycles. The Balaban J connectivity index is 2.92. The van der Waals surface area contributed by atoms with E-state index in [2.05, 4.69) is 72.0 Å². The Bertz CT molecular complexity index is 534. The van der Waals surface area contributed by atoms with Crippen LogP contribution in [0.5, 0.6) is 0 Å². The molecule has 1 aromatic carbocycles. The Morgan fingerprint density at radius 3 is 1.86 bits per heavy atom. The average molecular weight is 284 g/mol. The van der Waals surface area contributed by atoms with Gasteiger partial charge in [0.2, 0.25) is 0 Å². The number of nitrogens with zero attached hydrogens (tertiary/aromatic N) is 1. The van der Waals surface area contributed by atoms with Gasteiger partial charge in [0.15, 0.2) is 0 Å². The van der Waals surface area contributed by atoms with Crippen LogP contribution in [0.2, 0.25) is 0 Å². The van der Waals surface area contributed by atoms with Gasteiger partial charge in [-0.15, -0.1) is 0 Å². The monoisotopic (exact) mass is 284 g/mol. The van der Waals surface area contributed by atoms with Gasteiger partial charge in [-0.1, -0.05) is 38.1 Å². The van der Waals surface area contributed by atoms with Crippen LogP contribution < -0.4 is 5.32 Å². The summed E-state index contributed by atoms with van der Waals surface area (Å²) in [5, 5.41) is 12.5. The van der Waals surface area contributed by atoms with Crippen LogP contribution in [0.1, 0.15) is 59.6 Å². The van der Waals surface area contributed by atoms with E-state index in [1.165, 1.54) is 5.56 Å². The van der Waals surface area contributed by atoms with Gasteiger partial charge in [0.1, 0.15) is 0 Å². The number of allylic oxidation sites excluding steroid dienone is 1. The zero-order chi connectivity index (χ0) is 16.3. The molecule has 0 radical (unpaired) electrons. The lowest BCUT2D eigenvalue weighted by molar-refractivity contribution is 0.328. The summed E-state index contributed by atoms with van der Waals surface area (Å²) in [5.74, 6) is 0. The molecule has 0 heterocycles. The van der Waals surface area contributed by atoms with Crippen molar-refractivity contribution >= 4 is 0 Å². The van der Waals surface area contributed by atoms with Gasteiger partial charge in [-0.3, -0.25) is 0 Å². The van der Waals surface area contributed by atoms with Crippen LogP contribution in [-0.2, 0) is 5.41 Å². The molecule has 0 aliphatic rings. The summed E-state index contributed by atoms with van der Waals surface area (Å²) in [7, 11) is 0. The fourth-order valence-corrected chi connectivity index (χ4v) is 2.50. The average Bonchev–Trinajstić information content (AvgIpc) is 2.34. The Morgan fingerprint density at radius 2 is 1.43 bits per heavy atom. The van der Waals surface area contributed by atoms with Gasteiger partial charge in [0.05, 0.1) is 11.6 Å². The van der Waals surface area contributed by atoms with E-state index in [0.717, 1.165) is 0 Å². The molecule has 2 heteroatoms. The predicted octanol–water partition coefficient (Wildman–Crippen LogP) is 4.56. The van der Waals surface area contributed by atoms with Crippen LogP contribution in [-0.4, -0.2) is 11.1 Å². The lowest BCUT2D eigenvalue weighted by Gasteiger charge is -2.33. The SMILES string of the molecule is CC(C)(C)NC(C)(C)/C=C/C(C)(C)c1ccc(C#N)cc1. The number of hydrogen-bond donors (Lipinski definition) is 1. The van der Waals surface area contributed by atoms with Crippen molar-refractivity contribution in [2.75, 3.05) is 0 Å². The first-order valence-corrected chi connectivity index (χ1v) is 7.46. The highest BCUT2D eigenvalue weighted by Gasteiger charge is 2.23. The second kappa shape index (κ2) is 6.03. The molecule has 0 bridgehead atoms. The Hall–Kier alpha value is -1.59. The molecule has 0 saturated heterocycles. The lowest BCUT2D eigenvalue weighted by Crippen LogP contribution is -2.49. The Morgan fingerprint density at radius 1 is 0.905 bits per heavy atom. The molecule has 0 aromatic heterocycles. The molecule has 1 aromatic rings. The van der Waals surface area contributed by atoms with Gasteiger partial charge in [-0.2, -0.15) is 5.26 Å². The van der Waals surface area contributed by atoms with Crippen LogP contribution in [0.15, 0.2) is 36.4 Å². The number of benzene rings is 1. The van der Waals surface area contributed by atoms with Crippen LogP contribution in [0, 0.1) is 11.3 Å². The minimum absolute atomic E-state index is 0.0647. The van der Waals surface area contributed by atoms with E-state index >= 15 is 0 Å². The van der Waals surface area contributed by atoms with E-state index in [0.29, 0.717) is 5.56 Å². The Labute approximate surface area is 129 Å². The van der Waals surface area contributed by atoms with Crippen molar-refractivity contribution in [2.24, 2.45) is 0 Å². The first-order chi connectivity index (χ1) is 9.45. The van der Waals surface area contributed by atoms with E-state index in [9.17, 15) is 0 Å². The van der Waals surface area contributed by atoms with Crippen molar-refractivity contribution < 1.29 is 0 Å². The minimum Gasteiger partial charge on any atom is -0.304 e. The maximum Gasteiger partial charge on any atom is 0.0991 e. The van der Waals surface area contributed by atoms with Crippen molar-refractivity contribution in [2.45, 2.75) is 65.0 Å². The van der Waals surface area contributed by atoms with E-state index in [-0.39, 0.29) is 16.5 Å². The van der Waals surface area contributed by atoms with Crippen molar-refractivity contribution in [3.63, 3.8) is 0 Å². The van der Waals surface area contributed by atoms with Crippen LogP contribution in [0.25, 0.3) is 0 Å². The van der Waals surface area contributed by atoms with Crippen molar-refractivity contribution in [1.29, 1.82) is 5.26 Å². The third kappa shape index (κ3) is 5.73. The van der Waals surface area contributed by atoms with Crippen LogP contribution in [0.3, 0.4) is 0 Å². The third-order valence-electron chi connectivity index (χ3n) is 3.37. The molecule has 1 rings (SSSR count). The summed E-state index contributed by atoms with van der Waals surface area (Å²) in [6.45, 7) is 15.3. The topological polar surface area (TPSA) is 35.8 Å². The molecule has 114 valence electrons. The first-order valence-electron chi connectivity index (χ1n) is 7.46. The summed E-state index contributed by atoms with van der Waals surface area (Å²) in [4.78, 5) is 0. The van der Waals surface area contributed by atoms with Gasteiger partial charge in [0.25, 0.3) is 0 Å². The second-order valence-corrected chi connectivity index (χ2v) is 7.84. The maximum atomic E-state index is 8.88. The highest BCUT2D eigenvalue weighted by atomic mass is 15.0. The lowest BCUT2D eigenvalue weighted by atomic mass is 9.82. The van der Waals surface area contributed by atoms with E-state index in [1.54, 1.807) is 0 Å². The van der Waals surface area contributed by atoms with Gasteiger partial charge < -0.3 is 5.32 Å². The normalized spacial score (nSPS) is 13.4. The number of nitriles is 1. The highest BCUT2D eigenvalue weighted by Crippen LogP contribution is 2.26. The predicted molar refractivity (Wildman–Crippen MR) is 90.3 cm³/mol. The van der Waals surface area contributed by atoms with Gasteiger partial charge in [0, 0.05) is 16.5 Å². The third-order valence-corrected chi connectivity index (χ3v) is 3.37. The fraction of sp³-hybridized carbons (Fsp3) is 0.526. The summed E-state index contributed by atoms with van der Waals surface area (Å²) < 4.78 is 0. The summed E-state index contributed by atoms with van der Waals surface area (Å²) in [6.07, 6.45) is 4.48. The first kappa shape index (κ1) is 17.5. The molecule has 0 saturated carbocycles. The molecule has 0 aliphatic carbocycles. The molecule has 0 spiro atoms. The molecular weight excluding hydrogens is 256 g/mol. The summed E-state index contributed by atoms with van der Waals surface area (Å²) >= 11 is 0. The zero-order valence-corrected chi connectivity index (χ0v) is 14.4. The maximum absolute atomic E-state index is 8.88. The summed E-state index contributed by atoms with van der Waals surface area (Å²) in [6, 6.07) is 9.99. The fourth-order valence-electron chi connectivity index (χ4n) is 2.50. The van der Waals surface area contributed by atoms with E-state index in [4.69, 9.17) is 5.26 Å². The molecule has 1 N–H and O–H groups in total. The molecule has 0 atom stereocenters.